The molecule has 0 amide bonds. The number of halogens is 3. The van der Waals surface area contributed by atoms with Gasteiger partial charge in [0, 0.05) is 21.7 Å². The molecule has 128 valence electrons. The molecule has 3 rings (SSSR count). The molecule has 0 aliphatic heterocycles. The number of rotatable bonds is 5. The van der Waals surface area contributed by atoms with Gasteiger partial charge in [-0.25, -0.2) is 8.78 Å². The fourth-order valence-electron chi connectivity index (χ4n) is 2.92. The lowest BCUT2D eigenvalue weighted by molar-refractivity contribution is -0.723. The van der Waals surface area contributed by atoms with Gasteiger partial charge in [-0.15, -0.1) is 0 Å². The first-order valence-corrected chi connectivity index (χ1v) is 8.52. The second-order valence-electron chi connectivity index (χ2n) is 6.11. The molecule has 0 spiro atoms. The molecule has 0 bridgehead atoms. The molecule has 0 aliphatic rings. The van der Waals surface area contributed by atoms with E-state index in [0.717, 1.165) is 16.7 Å². The number of benzene rings is 3. The quantitative estimate of drug-likeness (QED) is 0.658. The van der Waals surface area contributed by atoms with Gasteiger partial charge in [0.15, 0.2) is 0 Å². The van der Waals surface area contributed by atoms with Crippen molar-refractivity contribution in [3.8, 4) is 0 Å². The van der Waals surface area contributed by atoms with Crippen LogP contribution in [0.3, 0.4) is 0 Å². The first-order chi connectivity index (χ1) is 12.0. The smallest absolute Gasteiger partial charge is 0.138 e. The van der Waals surface area contributed by atoms with Crippen LogP contribution in [-0.2, 0) is 0 Å². The lowest BCUT2D eigenvalue weighted by Crippen LogP contribution is -2.85. The van der Waals surface area contributed by atoms with E-state index in [0.29, 0.717) is 5.02 Å². The third-order valence-corrected chi connectivity index (χ3v) is 4.59. The molecule has 0 fully saturated rings. The summed E-state index contributed by atoms with van der Waals surface area (Å²) in [5, 5.41) is 2.88. The van der Waals surface area contributed by atoms with Gasteiger partial charge < -0.3 is 5.32 Å². The molecule has 3 aromatic rings. The molecule has 0 aliphatic carbocycles. The van der Waals surface area contributed by atoms with Crippen LogP contribution >= 0.6 is 11.6 Å². The molecule has 0 saturated heterocycles. The van der Waals surface area contributed by atoms with Crippen molar-refractivity contribution in [2.24, 2.45) is 0 Å². The highest BCUT2D eigenvalue weighted by Gasteiger charge is 2.21. The Labute approximate surface area is 151 Å². The van der Waals surface area contributed by atoms with Crippen LogP contribution < -0.4 is 5.32 Å². The highest BCUT2D eigenvalue weighted by atomic mass is 35.5. The molecule has 2 N–H and O–H groups in total. The summed E-state index contributed by atoms with van der Waals surface area (Å²) in [4.78, 5) is 0. The minimum Gasteiger partial charge on any atom is -0.330 e. The van der Waals surface area contributed by atoms with E-state index in [4.69, 9.17) is 11.6 Å². The first kappa shape index (κ1) is 17.6. The summed E-state index contributed by atoms with van der Waals surface area (Å²) in [6.45, 7) is 2.10. The van der Waals surface area contributed by atoms with Crippen LogP contribution in [0.5, 0.6) is 0 Å². The number of hydrogen-bond donors (Lipinski definition) is 1. The van der Waals surface area contributed by atoms with Crippen molar-refractivity contribution in [2.45, 2.75) is 19.0 Å². The van der Waals surface area contributed by atoms with Gasteiger partial charge in [0.1, 0.15) is 23.7 Å². The Morgan fingerprint density at radius 1 is 0.680 bits per heavy atom. The minimum atomic E-state index is -0.271. The van der Waals surface area contributed by atoms with Crippen LogP contribution in [0, 0.1) is 11.6 Å². The molecule has 1 nitrogen and oxygen atoms in total. The molecule has 25 heavy (non-hydrogen) atoms. The van der Waals surface area contributed by atoms with Crippen LogP contribution in [0.1, 0.15) is 35.7 Å². The van der Waals surface area contributed by atoms with E-state index in [1.807, 2.05) is 24.3 Å². The third kappa shape index (κ3) is 4.44. The molecule has 0 radical (unpaired) electrons. The second-order valence-corrected chi connectivity index (χ2v) is 6.55. The summed E-state index contributed by atoms with van der Waals surface area (Å²) in [6, 6.07) is 20.7. The van der Waals surface area contributed by atoms with Crippen molar-refractivity contribution in [3.63, 3.8) is 0 Å². The summed E-state index contributed by atoms with van der Waals surface area (Å²) in [5.74, 6) is -0.542. The average molecular weight is 359 g/mol. The zero-order valence-corrected chi connectivity index (χ0v) is 14.6. The standard InChI is InChI=1S/C21H18ClF2N/c1-14(15-2-8-18(22)9-3-15)25-21(16-4-10-19(23)11-5-16)17-6-12-20(24)13-7-17/h2-14,21,25H,1H3/p+1/t14-/m1/s1. The van der Waals surface area contributed by atoms with E-state index in [2.05, 4.69) is 12.2 Å². The lowest BCUT2D eigenvalue weighted by Gasteiger charge is -2.21. The largest absolute Gasteiger partial charge is 0.330 e. The Kier molecular flexibility index (Phi) is 5.47. The van der Waals surface area contributed by atoms with Crippen molar-refractivity contribution >= 4 is 11.6 Å². The van der Waals surface area contributed by atoms with Gasteiger partial charge in [0.25, 0.3) is 0 Å². The monoisotopic (exact) mass is 358 g/mol. The zero-order chi connectivity index (χ0) is 17.8. The SMILES string of the molecule is C[C@@H]([NH2+]C(c1ccc(F)cc1)c1ccc(F)cc1)c1ccc(Cl)cc1. The van der Waals surface area contributed by atoms with Gasteiger partial charge in [-0.2, -0.15) is 0 Å². The van der Waals surface area contributed by atoms with Crippen LogP contribution in [0.25, 0.3) is 0 Å². The van der Waals surface area contributed by atoms with Crippen LogP contribution in [0.4, 0.5) is 8.78 Å². The molecule has 3 aromatic carbocycles. The van der Waals surface area contributed by atoms with Gasteiger partial charge >= 0.3 is 0 Å². The first-order valence-electron chi connectivity index (χ1n) is 8.14. The highest BCUT2D eigenvalue weighted by Crippen LogP contribution is 2.22. The maximum atomic E-state index is 13.3. The fraction of sp³-hybridized carbons (Fsp3) is 0.143. The predicted octanol–water partition coefficient (Wildman–Crippen LogP) is 5.03. The maximum absolute atomic E-state index is 13.3. The molecular weight excluding hydrogens is 340 g/mol. The van der Waals surface area contributed by atoms with Crippen molar-refractivity contribution < 1.29 is 14.1 Å². The van der Waals surface area contributed by atoms with Gasteiger partial charge in [-0.1, -0.05) is 23.7 Å². The van der Waals surface area contributed by atoms with Gasteiger partial charge in [0.05, 0.1) is 0 Å². The topological polar surface area (TPSA) is 16.6 Å². The Morgan fingerprint density at radius 2 is 1.08 bits per heavy atom. The van der Waals surface area contributed by atoms with Gasteiger partial charge in [-0.3, -0.25) is 0 Å². The fourth-order valence-corrected chi connectivity index (χ4v) is 3.05. The zero-order valence-electron chi connectivity index (χ0n) is 13.8. The van der Waals surface area contributed by atoms with Gasteiger partial charge in [0.2, 0.25) is 0 Å². The van der Waals surface area contributed by atoms with E-state index in [-0.39, 0.29) is 23.7 Å². The molecule has 0 saturated carbocycles. The average Bonchev–Trinajstić information content (AvgIpc) is 2.62. The Bertz CT molecular complexity index is 769. The van der Waals surface area contributed by atoms with E-state index in [1.54, 1.807) is 24.3 Å². The second kappa shape index (κ2) is 7.77. The molecule has 0 unspecified atom stereocenters. The molecule has 4 heteroatoms. The normalized spacial score (nSPS) is 12.4. The highest BCUT2D eigenvalue weighted by molar-refractivity contribution is 6.30. The lowest BCUT2D eigenvalue weighted by atomic mass is 9.96. The molecule has 0 aromatic heterocycles. The number of quaternary nitrogens is 1. The van der Waals surface area contributed by atoms with Crippen molar-refractivity contribution in [1.29, 1.82) is 0 Å². The van der Waals surface area contributed by atoms with Gasteiger partial charge in [-0.05, 0) is 67.6 Å². The van der Waals surface area contributed by atoms with Crippen LogP contribution in [0.2, 0.25) is 5.02 Å². The summed E-state index contributed by atoms with van der Waals surface area (Å²) in [5.41, 5.74) is 3.07. The predicted molar refractivity (Wildman–Crippen MR) is 96.4 cm³/mol. The van der Waals surface area contributed by atoms with E-state index in [1.165, 1.54) is 24.3 Å². The summed E-state index contributed by atoms with van der Waals surface area (Å²) >= 11 is 5.96. The molecule has 1 atom stereocenters. The number of nitrogens with two attached hydrogens (primary N) is 1. The van der Waals surface area contributed by atoms with E-state index in [9.17, 15) is 8.78 Å². The van der Waals surface area contributed by atoms with E-state index >= 15 is 0 Å². The maximum Gasteiger partial charge on any atom is 0.138 e. The summed E-state index contributed by atoms with van der Waals surface area (Å²) < 4.78 is 26.6. The summed E-state index contributed by atoms with van der Waals surface area (Å²) in [7, 11) is 0. The van der Waals surface area contributed by atoms with Crippen molar-refractivity contribution in [1.82, 2.24) is 0 Å². The summed E-state index contributed by atoms with van der Waals surface area (Å²) in [6.07, 6.45) is 0. The van der Waals surface area contributed by atoms with Crippen LogP contribution in [0.15, 0.2) is 72.8 Å². The Morgan fingerprint density at radius 3 is 1.52 bits per heavy atom. The molecule has 0 heterocycles. The third-order valence-electron chi connectivity index (χ3n) is 4.34. The Balaban J connectivity index is 1.91. The number of hydrogen-bond acceptors (Lipinski definition) is 0. The van der Waals surface area contributed by atoms with E-state index < -0.39 is 0 Å². The molecular formula is C21H19ClF2N+. The Hall–Kier alpha value is -2.23. The minimum absolute atomic E-state index is 0.0631. The van der Waals surface area contributed by atoms with Crippen molar-refractivity contribution in [2.75, 3.05) is 0 Å². The van der Waals surface area contributed by atoms with Crippen LogP contribution in [-0.4, -0.2) is 0 Å². The van der Waals surface area contributed by atoms with Crippen molar-refractivity contribution in [3.05, 3.63) is 106 Å².